The second-order valence-corrected chi connectivity index (χ2v) is 4.03. The zero-order chi connectivity index (χ0) is 12.3. The maximum Gasteiger partial charge on any atom is 0.236 e. The largest absolute Gasteiger partial charge is 0.354 e. The van der Waals surface area contributed by atoms with Crippen LogP contribution in [0.3, 0.4) is 0 Å². The Bertz CT molecular complexity index is 494. The van der Waals surface area contributed by atoms with E-state index in [-0.39, 0.29) is 30.7 Å². The average Bonchev–Trinajstić information content (AvgIpc) is 2.71. The molecule has 0 fully saturated rings. The standard InChI is InChI=1S/C12H16N4O.2ClH/c1-9(13)12(17)14-6-5-10-8-16-7-3-2-4-11(16)15-10;;/h2-4,7-9H,5-6,13H2,1H3,(H,14,17);2*1H/t9-;;/m0../s1. The van der Waals surface area contributed by atoms with E-state index in [9.17, 15) is 4.79 Å². The summed E-state index contributed by atoms with van der Waals surface area (Å²) in [7, 11) is 0. The lowest BCUT2D eigenvalue weighted by Gasteiger charge is -2.05. The quantitative estimate of drug-likeness (QED) is 0.891. The molecular weight excluding hydrogens is 287 g/mol. The molecule has 0 aromatic carbocycles. The van der Waals surface area contributed by atoms with Crippen LogP contribution in [0.1, 0.15) is 12.6 Å². The predicted molar refractivity (Wildman–Crippen MR) is 80.1 cm³/mol. The Balaban J connectivity index is 0.00000162. The first-order valence-electron chi connectivity index (χ1n) is 5.63. The van der Waals surface area contributed by atoms with Crippen LogP contribution in [-0.2, 0) is 11.2 Å². The van der Waals surface area contributed by atoms with Crippen LogP contribution >= 0.6 is 24.8 Å². The van der Waals surface area contributed by atoms with Gasteiger partial charge in [-0.3, -0.25) is 4.79 Å². The summed E-state index contributed by atoms with van der Waals surface area (Å²) in [5.41, 5.74) is 7.32. The van der Waals surface area contributed by atoms with Crippen molar-refractivity contribution in [1.29, 1.82) is 0 Å². The molecule has 0 aliphatic carbocycles. The summed E-state index contributed by atoms with van der Waals surface area (Å²) in [4.78, 5) is 15.7. The summed E-state index contributed by atoms with van der Waals surface area (Å²) in [5, 5.41) is 2.76. The fourth-order valence-electron chi connectivity index (χ4n) is 1.58. The minimum absolute atomic E-state index is 0. The van der Waals surface area contributed by atoms with Crippen molar-refractivity contribution in [2.75, 3.05) is 6.54 Å². The van der Waals surface area contributed by atoms with Gasteiger partial charge in [0.1, 0.15) is 5.65 Å². The SMILES string of the molecule is C[C@H](N)C(=O)NCCc1cn2ccccc2n1.Cl.Cl. The number of carbonyl (C=O) groups is 1. The third-order valence-electron chi connectivity index (χ3n) is 2.51. The first-order valence-corrected chi connectivity index (χ1v) is 5.63. The van der Waals surface area contributed by atoms with Crippen molar-refractivity contribution in [3.8, 4) is 0 Å². The molecule has 2 aromatic rings. The van der Waals surface area contributed by atoms with Gasteiger partial charge in [-0.2, -0.15) is 0 Å². The van der Waals surface area contributed by atoms with Gasteiger partial charge in [0.05, 0.1) is 11.7 Å². The number of nitrogens with zero attached hydrogens (tertiary/aromatic N) is 2. The molecule has 19 heavy (non-hydrogen) atoms. The van der Waals surface area contributed by atoms with Crippen molar-refractivity contribution >= 4 is 36.4 Å². The highest BCUT2D eigenvalue weighted by Gasteiger charge is 2.06. The zero-order valence-corrected chi connectivity index (χ0v) is 12.2. The molecule has 1 amide bonds. The van der Waals surface area contributed by atoms with E-state index in [0.717, 1.165) is 11.3 Å². The van der Waals surface area contributed by atoms with E-state index in [1.165, 1.54) is 0 Å². The van der Waals surface area contributed by atoms with Gasteiger partial charge in [-0.25, -0.2) is 4.98 Å². The summed E-state index contributed by atoms with van der Waals surface area (Å²) in [6, 6.07) is 5.39. The molecule has 7 heteroatoms. The Morgan fingerprint density at radius 2 is 2.21 bits per heavy atom. The van der Waals surface area contributed by atoms with Crippen molar-refractivity contribution in [2.45, 2.75) is 19.4 Å². The van der Waals surface area contributed by atoms with E-state index in [2.05, 4.69) is 10.3 Å². The predicted octanol–water partition coefficient (Wildman–Crippen LogP) is 1.18. The number of hydrogen-bond donors (Lipinski definition) is 2. The molecule has 0 bridgehead atoms. The summed E-state index contributed by atoms with van der Waals surface area (Å²) < 4.78 is 1.96. The van der Waals surface area contributed by atoms with Gasteiger partial charge < -0.3 is 15.5 Å². The number of aromatic nitrogens is 2. The van der Waals surface area contributed by atoms with Gasteiger partial charge in [-0.15, -0.1) is 24.8 Å². The lowest BCUT2D eigenvalue weighted by molar-refractivity contribution is -0.121. The molecule has 0 aliphatic heterocycles. The van der Waals surface area contributed by atoms with Gasteiger partial charge in [0.2, 0.25) is 5.91 Å². The number of halogens is 2. The lowest BCUT2D eigenvalue weighted by atomic mass is 10.3. The number of nitrogens with one attached hydrogen (secondary N) is 1. The molecule has 0 saturated heterocycles. The molecular formula is C12H18Cl2N4O. The number of amides is 1. The minimum Gasteiger partial charge on any atom is -0.354 e. The molecule has 3 N–H and O–H groups in total. The highest BCUT2D eigenvalue weighted by molar-refractivity contribution is 5.85. The Morgan fingerprint density at radius 3 is 2.84 bits per heavy atom. The van der Waals surface area contributed by atoms with Crippen molar-refractivity contribution < 1.29 is 4.79 Å². The van der Waals surface area contributed by atoms with E-state index in [1.807, 2.05) is 35.0 Å². The van der Waals surface area contributed by atoms with E-state index < -0.39 is 6.04 Å². The second kappa shape index (κ2) is 7.99. The molecule has 2 aromatic heterocycles. The monoisotopic (exact) mass is 304 g/mol. The number of nitrogens with two attached hydrogens (primary N) is 1. The Hall–Kier alpha value is -1.30. The van der Waals surface area contributed by atoms with Crippen molar-refractivity contribution in [2.24, 2.45) is 5.73 Å². The third kappa shape index (κ3) is 4.70. The molecule has 1 atom stereocenters. The Labute approximate surface area is 124 Å². The van der Waals surface area contributed by atoms with Crippen LogP contribution in [0.4, 0.5) is 0 Å². The van der Waals surface area contributed by atoms with Crippen molar-refractivity contribution in [3.63, 3.8) is 0 Å². The van der Waals surface area contributed by atoms with Crippen LogP contribution in [0.25, 0.3) is 5.65 Å². The van der Waals surface area contributed by atoms with Gasteiger partial charge in [-0.1, -0.05) is 6.07 Å². The number of pyridine rings is 1. The van der Waals surface area contributed by atoms with Crippen LogP contribution in [-0.4, -0.2) is 27.9 Å². The molecule has 2 heterocycles. The van der Waals surface area contributed by atoms with E-state index in [4.69, 9.17) is 5.73 Å². The van der Waals surface area contributed by atoms with Crippen LogP contribution in [0.5, 0.6) is 0 Å². The zero-order valence-electron chi connectivity index (χ0n) is 10.6. The van der Waals surface area contributed by atoms with Crippen LogP contribution in [0, 0.1) is 0 Å². The first-order chi connectivity index (χ1) is 8.16. The van der Waals surface area contributed by atoms with Gasteiger partial charge in [0.25, 0.3) is 0 Å². The molecule has 5 nitrogen and oxygen atoms in total. The van der Waals surface area contributed by atoms with Gasteiger partial charge in [0, 0.05) is 25.4 Å². The number of fused-ring (bicyclic) bond motifs is 1. The Morgan fingerprint density at radius 1 is 1.47 bits per heavy atom. The fourth-order valence-corrected chi connectivity index (χ4v) is 1.58. The molecule has 106 valence electrons. The van der Waals surface area contributed by atoms with E-state index in [1.54, 1.807) is 6.92 Å². The van der Waals surface area contributed by atoms with Crippen LogP contribution in [0.2, 0.25) is 0 Å². The fraction of sp³-hybridized carbons (Fsp3) is 0.333. The number of carbonyl (C=O) groups excluding carboxylic acids is 1. The normalized spacial score (nSPS) is 11.3. The van der Waals surface area contributed by atoms with Gasteiger partial charge in [-0.05, 0) is 19.1 Å². The number of hydrogen-bond acceptors (Lipinski definition) is 3. The summed E-state index contributed by atoms with van der Waals surface area (Å²) in [6.45, 7) is 2.23. The van der Waals surface area contributed by atoms with Gasteiger partial charge in [0.15, 0.2) is 0 Å². The number of rotatable bonds is 4. The van der Waals surface area contributed by atoms with Crippen LogP contribution < -0.4 is 11.1 Å². The third-order valence-corrected chi connectivity index (χ3v) is 2.51. The highest BCUT2D eigenvalue weighted by atomic mass is 35.5. The van der Waals surface area contributed by atoms with Crippen LogP contribution in [0.15, 0.2) is 30.6 Å². The summed E-state index contributed by atoms with van der Waals surface area (Å²) >= 11 is 0. The maximum absolute atomic E-state index is 11.2. The summed E-state index contributed by atoms with van der Waals surface area (Å²) in [6.07, 6.45) is 4.62. The molecule has 0 aliphatic rings. The highest BCUT2D eigenvalue weighted by Crippen LogP contribution is 2.04. The molecule has 0 spiro atoms. The lowest BCUT2D eigenvalue weighted by Crippen LogP contribution is -2.39. The second-order valence-electron chi connectivity index (χ2n) is 4.03. The first kappa shape index (κ1) is 17.7. The smallest absolute Gasteiger partial charge is 0.236 e. The van der Waals surface area contributed by atoms with Crippen molar-refractivity contribution in [1.82, 2.24) is 14.7 Å². The van der Waals surface area contributed by atoms with E-state index in [0.29, 0.717) is 13.0 Å². The Kier molecular flexibility index (Phi) is 7.44. The molecule has 0 unspecified atom stereocenters. The van der Waals surface area contributed by atoms with Crippen molar-refractivity contribution in [3.05, 3.63) is 36.3 Å². The molecule has 0 radical (unpaired) electrons. The molecule has 2 rings (SSSR count). The summed E-state index contributed by atoms with van der Waals surface area (Å²) in [5.74, 6) is -0.131. The minimum atomic E-state index is -0.462. The maximum atomic E-state index is 11.2. The average molecular weight is 305 g/mol. The number of imidazole rings is 1. The molecule has 0 saturated carbocycles. The van der Waals surface area contributed by atoms with Gasteiger partial charge >= 0.3 is 0 Å². The topological polar surface area (TPSA) is 72.4 Å². The van der Waals surface area contributed by atoms with E-state index >= 15 is 0 Å².